The number of allylic oxidation sites excluding steroid dienone is 4. The van der Waals surface area contributed by atoms with Gasteiger partial charge in [-0.05, 0) is 31.1 Å². The Bertz CT molecular complexity index is 203. The van der Waals surface area contributed by atoms with Crippen molar-refractivity contribution in [3.8, 4) is 0 Å². The molecular formula is C10H13Cl. The van der Waals surface area contributed by atoms with Crippen molar-refractivity contribution in [3.05, 3.63) is 23.8 Å². The normalized spacial score (nSPS) is 33.0. The summed E-state index contributed by atoms with van der Waals surface area (Å²) in [5, 5.41) is 0. The lowest BCUT2D eigenvalue weighted by Gasteiger charge is -2.07. The molecule has 11 heavy (non-hydrogen) atoms. The second-order valence-corrected chi connectivity index (χ2v) is 3.80. The van der Waals surface area contributed by atoms with Crippen LogP contribution in [0.4, 0.5) is 0 Å². The Morgan fingerprint density at radius 1 is 1.45 bits per heavy atom. The summed E-state index contributed by atoms with van der Waals surface area (Å²) in [7, 11) is 0. The molecule has 0 saturated carbocycles. The minimum Gasteiger partial charge on any atom is -0.127 e. The molecule has 0 radical (unpaired) electrons. The highest BCUT2D eigenvalue weighted by atomic mass is 35.5. The molecule has 0 aromatic carbocycles. The second kappa shape index (κ2) is 3.02. The van der Waals surface area contributed by atoms with E-state index in [-0.39, 0.29) is 0 Å². The van der Waals surface area contributed by atoms with Crippen molar-refractivity contribution in [1.82, 2.24) is 0 Å². The highest BCUT2D eigenvalue weighted by Crippen LogP contribution is 2.39. The summed E-state index contributed by atoms with van der Waals surface area (Å²) in [6.07, 6.45) is 10.8. The van der Waals surface area contributed by atoms with Crippen molar-refractivity contribution in [2.75, 3.05) is 5.88 Å². The van der Waals surface area contributed by atoms with E-state index in [0.717, 1.165) is 24.1 Å². The van der Waals surface area contributed by atoms with Crippen LogP contribution in [0.2, 0.25) is 0 Å². The first-order valence-electron chi connectivity index (χ1n) is 4.35. The van der Waals surface area contributed by atoms with E-state index >= 15 is 0 Å². The van der Waals surface area contributed by atoms with E-state index in [0.29, 0.717) is 0 Å². The number of halogens is 1. The molecule has 2 aliphatic carbocycles. The average molecular weight is 169 g/mol. The van der Waals surface area contributed by atoms with Crippen LogP contribution in [-0.2, 0) is 0 Å². The Labute approximate surface area is 72.9 Å². The van der Waals surface area contributed by atoms with Gasteiger partial charge in [-0.2, -0.15) is 0 Å². The Hall–Kier alpha value is -0.230. The standard InChI is InChI=1S/C10H13Cl/c11-5-1-2-9-6-8-3-4-10(9)7-8/h3-4,6,8,10H,1-2,5,7H2. The minimum atomic E-state index is 0.769. The van der Waals surface area contributed by atoms with Gasteiger partial charge in [-0.15, -0.1) is 11.6 Å². The fourth-order valence-electron chi connectivity index (χ4n) is 2.06. The van der Waals surface area contributed by atoms with Crippen LogP contribution >= 0.6 is 11.6 Å². The van der Waals surface area contributed by atoms with Crippen LogP contribution in [0.3, 0.4) is 0 Å². The maximum absolute atomic E-state index is 5.64. The molecule has 0 fully saturated rings. The molecule has 2 unspecified atom stereocenters. The van der Waals surface area contributed by atoms with Gasteiger partial charge in [0.1, 0.15) is 0 Å². The Kier molecular flexibility index (Phi) is 2.04. The molecular weight excluding hydrogens is 156 g/mol. The molecule has 2 rings (SSSR count). The SMILES string of the molecule is ClCCCC1=CC2C=CC1C2. The summed E-state index contributed by atoms with van der Waals surface area (Å²) in [4.78, 5) is 0. The molecule has 0 heterocycles. The highest BCUT2D eigenvalue weighted by molar-refractivity contribution is 6.17. The topological polar surface area (TPSA) is 0 Å². The lowest BCUT2D eigenvalue weighted by Crippen LogP contribution is -1.93. The van der Waals surface area contributed by atoms with Gasteiger partial charge in [-0.25, -0.2) is 0 Å². The zero-order chi connectivity index (χ0) is 7.68. The van der Waals surface area contributed by atoms with Gasteiger partial charge in [0.25, 0.3) is 0 Å². The molecule has 0 spiro atoms. The monoisotopic (exact) mass is 168 g/mol. The van der Waals surface area contributed by atoms with E-state index in [2.05, 4.69) is 18.2 Å². The summed E-state index contributed by atoms with van der Waals surface area (Å²) in [5.41, 5.74) is 1.64. The Balaban J connectivity index is 1.92. The molecule has 0 nitrogen and oxygen atoms in total. The smallest absolute Gasteiger partial charge is 0.0226 e. The van der Waals surface area contributed by atoms with Crippen molar-refractivity contribution in [2.24, 2.45) is 11.8 Å². The van der Waals surface area contributed by atoms with Gasteiger partial charge in [0.2, 0.25) is 0 Å². The van der Waals surface area contributed by atoms with Crippen LogP contribution in [0.25, 0.3) is 0 Å². The lowest BCUT2D eigenvalue weighted by molar-refractivity contribution is 0.689. The van der Waals surface area contributed by atoms with E-state index in [4.69, 9.17) is 11.6 Å². The third-order valence-electron chi connectivity index (χ3n) is 2.62. The van der Waals surface area contributed by atoms with Gasteiger partial charge < -0.3 is 0 Å². The molecule has 2 atom stereocenters. The molecule has 2 aliphatic rings. The lowest BCUT2D eigenvalue weighted by atomic mass is 9.99. The molecule has 1 heteroatoms. The van der Waals surface area contributed by atoms with Crippen molar-refractivity contribution < 1.29 is 0 Å². The van der Waals surface area contributed by atoms with Crippen LogP contribution in [0.1, 0.15) is 19.3 Å². The zero-order valence-electron chi connectivity index (χ0n) is 6.59. The highest BCUT2D eigenvalue weighted by Gasteiger charge is 2.26. The van der Waals surface area contributed by atoms with Crippen LogP contribution < -0.4 is 0 Å². The van der Waals surface area contributed by atoms with Gasteiger partial charge >= 0.3 is 0 Å². The maximum Gasteiger partial charge on any atom is 0.0226 e. The molecule has 0 aromatic rings. The van der Waals surface area contributed by atoms with E-state index in [1.165, 1.54) is 12.8 Å². The first-order chi connectivity index (χ1) is 5.40. The number of alkyl halides is 1. The fraction of sp³-hybridized carbons (Fsp3) is 0.600. The summed E-state index contributed by atoms with van der Waals surface area (Å²) in [5.74, 6) is 2.35. The van der Waals surface area contributed by atoms with E-state index < -0.39 is 0 Å². The Morgan fingerprint density at radius 2 is 2.36 bits per heavy atom. The minimum absolute atomic E-state index is 0.769. The molecule has 0 aromatic heterocycles. The number of fused-ring (bicyclic) bond motifs is 2. The molecule has 0 aliphatic heterocycles. The van der Waals surface area contributed by atoms with Crippen LogP contribution in [0.15, 0.2) is 23.8 Å². The van der Waals surface area contributed by atoms with Crippen molar-refractivity contribution in [3.63, 3.8) is 0 Å². The van der Waals surface area contributed by atoms with Gasteiger partial charge in [0.15, 0.2) is 0 Å². The first kappa shape index (κ1) is 7.42. The third kappa shape index (κ3) is 1.37. The Morgan fingerprint density at radius 3 is 2.91 bits per heavy atom. The number of hydrogen-bond donors (Lipinski definition) is 0. The van der Waals surface area contributed by atoms with E-state index in [1.54, 1.807) is 5.57 Å². The third-order valence-corrected chi connectivity index (χ3v) is 2.89. The fourth-order valence-corrected chi connectivity index (χ4v) is 2.20. The summed E-state index contributed by atoms with van der Waals surface area (Å²) in [6, 6.07) is 0. The largest absolute Gasteiger partial charge is 0.127 e. The molecule has 0 amide bonds. The van der Waals surface area contributed by atoms with E-state index in [1.807, 2.05) is 0 Å². The first-order valence-corrected chi connectivity index (χ1v) is 4.88. The zero-order valence-corrected chi connectivity index (χ0v) is 7.35. The predicted molar refractivity (Wildman–Crippen MR) is 48.8 cm³/mol. The molecule has 0 saturated heterocycles. The summed E-state index contributed by atoms with van der Waals surface area (Å²) >= 11 is 5.64. The number of rotatable bonds is 3. The quantitative estimate of drug-likeness (QED) is 0.449. The maximum atomic E-state index is 5.64. The molecule has 2 bridgehead atoms. The van der Waals surface area contributed by atoms with Crippen LogP contribution in [-0.4, -0.2) is 5.88 Å². The van der Waals surface area contributed by atoms with Gasteiger partial charge in [-0.3, -0.25) is 0 Å². The van der Waals surface area contributed by atoms with Crippen molar-refractivity contribution >= 4 is 11.6 Å². The van der Waals surface area contributed by atoms with Gasteiger partial charge in [-0.1, -0.05) is 23.8 Å². The van der Waals surface area contributed by atoms with Crippen LogP contribution in [0, 0.1) is 11.8 Å². The van der Waals surface area contributed by atoms with Crippen molar-refractivity contribution in [2.45, 2.75) is 19.3 Å². The predicted octanol–water partition coefficient (Wildman–Crippen LogP) is 3.14. The van der Waals surface area contributed by atoms with E-state index in [9.17, 15) is 0 Å². The average Bonchev–Trinajstić information content (AvgIpc) is 2.60. The summed E-state index contributed by atoms with van der Waals surface area (Å²) in [6.45, 7) is 0. The molecule has 60 valence electrons. The van der Waals surface area contributed by atoms with Gasteiger partial charge in [0.05, 0.1) is 0 Å². The second-order valence-electron chi connectivity index (χ2n) is 3.43. The summed E-state index contributed by atoms with van der Waals surface area (Å²) < 4.78 is 0. The van der Waals surface area contributed by atoms with Crippen LogP contribution in [0.5, 0.6) is 0 Å². The number of hydrogen-bond acceptors (Lipinski definition) is 0. The van der Waals surface area contributed by atoms with Gasteiger partial charge in [0, 0.05) is 5.88 Å². The van der Waals surface area contributed by atoms with Crippen molar-refractivity contribution in [1.29, 1.82) is 0 Å². The molecule has 0 N–H and O–H groups in total.